The molecule has 0 saturated heterocycles. The van der Waals surface area contributed by atoms with Gasteiger partial charge in [0, 0.05) is 0 Å². The summed E-state index contributed by atoms with van der Waals surface area (Å²) >= 11 is 0. The summed E-state index contributed by atoms with van der Waals surface area (Å²) in [6, 6.07) is 7.80. The number of benzene rings is 1. The molecule has 0 aliphatic carbocycles. The summed E-state index contributed by atoms with van der Waals surface area (Å²) in [5.74, 6) is 0.869. The number of fused-ring (bicyclic) bond motifs is 1. The summed E-state index contributed by atoms with van der Waals surface area (Å²) in [5, 5.41) is 1.16. The van der Waals surface area contributed by atoms with Crippen LogP contribution in [0.25, 0.3) is 10.9 Å². The third kappa shape index (κ3) is 2.75. The van der Waals surface area contributed by atoms with Crippen LogP contribution < -0.4 is 28.7 Å². The molecule has 0 bridgehead atoms. The first-order valence-corrected chi connectivity index (χ1v) is 3.43. The van der Waals surface area contributed by atoms with E-state index >= 15 is 0 Å². The van der Waals surface area contributed by atoms with Gasteiger partial charge in [0.1, 0.15) is 5.75 Å². The molecule has 1 aromatic carbocycles. The second-order valence-electron chi connectivity index (χ2n) is 2.37. The second-order valence-corrected chi connectivity index (χ2v) is 2.37. The maximum Gasteiger partial charge on any atom is 2.00 e. The minimum absolute atomic E-state index is 0. The first-order chi connectivity index (χ1) is 5.40. The Labute approximate surface area is 110 Å². The molecule has 64 valence electrons. The zero-order valence-corrected chi connectivity index (χ0v) is 10.9. The van der Waals surface area contributed by atoms with Gasteiger partial charge in [-0.05, 0) is 6.07 Å². The van der Waals surface area contributed by atoms with E-state index in [4.69, 9.17) is 4.74 Å². The minimum atomic E-state index is 0. The number of halogens is 1. The smallest absolute Gasteiger partial charge is 1.00 e. The number of H-pyrrole nitrogens is 1. The fraction of sp³-hybridized carbons (Fsp3) is 0.111. The fourth-order valence-corrected chi connectivity index (χ4v) is 1.09. The Morgan fingerprint density at radius 3 is 2.85 bits per heavy atom. The largest absolute Gasteiger partial charge is 2.00 e. The molecular formula is C9H8IMgNO. The third-order valence-corrected chi connectivity index (χ3v) is 1.69. The normalized spacial score (nSPS) is 8.69. The van der Waals surface area contributed by atoms with E-state index in [0.29, 0.717) is 0 Å². The van der Waals surface area contributed by atoms with Gasteiger partial charge in [-0.2, -0.15) is 11.5 Å². The quantitative estimate of drug-likeness (QED) is 0.391. The van der Waals surface area contributed by atoms with Gasteiger partial charge in [0.05, 0.1) is 7.11 Å². The number of hydrogen-bond acceptors (Lipinski definition) is 1. The molecule has 13 heavy (non-hydrogen) atoms. The monoisotopic (exact) mass is 297 g/mol. The van der Waals surface area contributed by atoms with E-state index in [1.54, 1.807) is 7.11 Å². The van der Waals surface area contributed by atoms with E-state index < -0.39 is 0 Å². The first-order valence-electron chi connectivity index (χ1n) is 3.43. The average Bonchev–Trinajstić information content (AvgIpc) is 2.50. The number of methoxy groups -OCH3 is 1. The Morgan fingerprint density at radius 1 is 1.38 bits per heavy atom. The van der Waals surface area contributed by atoms with Crippen LogP contribution in [0.1, 0.15) is 0 Å². The van der Waals surface area contributed by atoms with Gasteiger partial charge in [-0.25, -0.2) is 0 Å². The fourth-order valence-electron chi connectivity index (χ4n) is 1.09. The molecule has 0 aliphatic rings. The number of aromatic nitrogens is 1. The molecule has 1 aromatic heterocycles. The van der Waals surface area contributed by atoms with E-state index in [1.165, 1.54) is 0 Å². The van der Waals surface area contributed by atoms with Crippen molar-refractivity contribution in [3.8, 4) is 5.75 Å². The minimum Gasteiger partial charge on any atom is -1.00 e. The Hall–Kier alpha value is 0.0562. The Bertz CT molecular complexity index is 374. The van der Waals surface area contributed by atoms with E-state index in [0.717, 1.165) is 16.7 Å². The van der Waals surface area contributed by atoms with E-state index in [1.807, 2.05) is 24.3 Å². The van der Waals surface area contributed by atoms with Gasteiger partial charge in [-0.15, -0.1) is 17.8 Å². The molecular weight excluding hydrogens is 289 g/mol. The van der Waals surface area contributed by atoms with Crippen LogP contribution in [0.3, 0.4) is 0 Å². The van der Waals surface area contributed by atoms with Crippen LogP contribution in [0, 0.1) is 6.20 Å². The maximum absolute atomic E-state index is 5.06. The summed E-state index contributed by atoms with van der Waals surface area (Å²) in [4.78, 5) is 2.99. The molecule has 4 heteroatoms. The van der Waals surface area contributed by atoms with Crippen molar-refractivity contribution in [2.24, 2.45) is 0 Å². The molecule has 0 aliphatic heterocycles. The number of aromatic amines is 1. The molecule has 2 aromatic rings. The van der Waals surface area contributed by atoms with Crippen LogP contribution in [0.15, 0.2) is 24.3 Å². The van der Waals surface area contributed by atoms with Gasteiger partial charge in [-0.3, -0.25) is 0 Å². The van der Waals surface area contributed by atoms with Crippen LogP contribution >= 0.6 is 0 Å². The molecule has 1 N–H and O–H groups in total. The molecule has 2 rings (SSSR count). The van der Waals surface area contributed by atoms with Crippen molar-refractivity contribution >= 4 is 34.0 Å². The third-order valence-electron chi connectivity index (χ3n) is 1.69. The van der Waals surface area contributed by atoms with Crippen LogP contribution in [0.4, 0.5) is 0 Å². The van der Waals surface area contributed by atoms with Gasteiger partial charge < -0.3 is 33.7 Å². The molecule has 0 atom stereocenters. The second kappa shape index (κ2) is 5.72. The van der Waals surface area contributed by atoms with Gasteiger partial charge in [0.15, 0.2) is 0 Å². The number of hydrogen-bond donors (Lipinski definition) is 1. The van der Waals surface area contributed by atoms with Crippen molar-refractivity contribution in [3.63, 3.8) is 0 Å². The van der Waals surface area contributed by atoms with Crippen LogP contribution in [0.5, 0.6) is 5.75 Å². The number of nitrogens with one attached hydrogen (secondary N) is 1. The maximum atomic E-state index is 5.06. The predicted octanol–water partition coefficient (Wildman–Crippen LogP) is -1.40. The Kier molecular flexibility index (Phi) is 5.74. The van der Waals surface area contributed by atoms with Crippen molar-refractivity contribution in [1.29, 1.82) is 0 Å². The number of ether oxygens (including phenoxy) is 1. The summed E-state index contributed by atoms with van der Waals surface area (Å²) < 4.78 is 5.06. The van der Waals surface area contributed by atoms with Crippen molar-refractivity contribution in [1.82, 2.24) is 4.98 Å². The summed E-state index contributed by atoms with van der Waals surface area (Å²) in [5.41, 5.74) is 1.06. The average molecular weight is 297 g/mol. The van der Waals surface area contributed by atoms with Gasteiger partial charge in [-0.1, -0.05) is 6.07 Å². The van der Waals surface area contributed by atoms with Gasteiger partial charge >= 0.3 is 23.1 Å². The van der Waals surface area contributed by atoms with Crippen molar-refractivity contribution < 1.29 is 28.7 Å². The SMILES string of the molecule is COc1ccc2c[c-][nH]c2c1.[I-].[Mg+2]. The Morgan fingerprint density at radius 2 is 2.15 bits per heavy atom. The molecule has 0 fully saturated rings. The molecule has 0 radical (unpaired) electrons. The molecule has 0 saturated carbocycles. The molecule has 0 unspecified atom stereocenters. The standard InChI is InChI=1S/C9H8NO.HI.Mg/c1-11-8-3-2-7-4-5-10-9(7)6-8;;/h2-4,6,10H,1H3;1H;/q-1;;+2/p-1. The predicted molar refractivity (Wildman–Crippen MR) is 49.4 cm³/mol. The first kappa shape index (κ1) is 13.1. The van der Waals surface area contributed by atoms with Crippen molar-refractivity contribution in [3.05, 3.63) is 30.5 Å². The summed E-state index contributed by atoms with van der Waals surface area (Å²) in [6.07, 6.45) is 2.91. The van der Waals surface area contributed by atoms with Gasteiger partial charge in [0.25, 0.3) is 0 Å². The molecule has 0 spiro atoms. The Balaban J connectivity index is 0.000000720. The van der Waals surface area contributed by atoms with Crippen molar-refractivity contribution in [2.45, 2.75) is 0 Å². The van der Waals surface area contributed by atoms with E-state index in [9.17, 15) is 0 Å². The van der Waals surface area contributed by atoms with Crippen LogP contribution in [0.2, 0.25) is 0 Å². The molecule has 2 nitrogen and oxygen atoms in total. The van der Waals surface area contributed by atoms with Crippen LogP contribution in [-0.4, -0.2) is 35.1 Å². The van der Waals surface area contributed by atoms with E-state index in [2.05, 4.69) is 11.2 Å². The topological polar surface area (TPSA) is 25.0 Å². The molecule has 0 amide bonds. The summed E-state index contributed by atoms with van der Waals surface area (Å²) in [6.45, 7) is 0. The van der Waals surface area contributed by atoms with Gasteiger partial charge in [0.2, 0.25) is 0 Å². The zero-order valence-electron chi connectivity index (χ0n) is 7.30. The van der Waals surface area contributed by atoms with Crippen LogP contribution in [-0.2, 0) is 0 Å². The van der Waals surface area contributed by atoms with E-state index in [-0.39, 0.29) is 47.0 Å². The van der Waals surface area contributed by atoms with Crippen molar-refractivity contribution in [2.75, 3.05) is 7.11 Å². The summed E-state index contributed by atoms with van der Waals surface area (Å²) in [7, 11) is 1.66. The molecule has 1 heterocycles. The zero-order chi connectivity index (χ0) is 7.68. The number of rotatable bonds is 1.